The number of thioether (sulfide) groups is 1. The Morgan fingerprint density at radius 2 is 1.96 bits per heavy atom. The molecule has 0 aliphatic carbocycles. The average molecular weight is 401 g/mol. The van der Waals surface area contributed by atoms with Crippen LogP contribution in [0.5, 0.6) is 0 Å². The summed E-state index contributed by atoms with van der Waals surface area (Å²) in [6.45, 7) is 0.578. The van der Waals surface area contributed by atoms with E-state index in [-0.39, 0.29) is 4.90 Å². The van der Waals surface area contributed by atoms with Crippen molar-refractivity contribution in [2.75, 3.05) is 14.1 Å². The lowest BCUT2D eigenvalue weighted by Gasteiger charge is -2.12. The molecule has 0 fully saturated rings. The second-order valence-electron chi connectivity index (χ2n) is 6.17. The summed E-state index contributed by atoms with van der Waals surface area (Å²) in [6.07, 6.45) is 0.407. The number of hydrogen-bond acceptors (Lipinski definition) is 5. The highest BCUT2D eigenvalue weighted by Crippen LogP contribution is 2.28. The third kappa shape index (κ3) is 4.16. The minimum absolute atomic E-state index is 0.281. The SMILES string of the molecule is CN(C)S(=O)(=O)c1cccc(CSc2nc3ccccc3n2CCC#N)c1. The third-order valence-corrected chi connectivity index (χ3v) is 6.97. The van der Waals surface area contributed by atoms with E-state index in [1.165, 1.54) is 30.2 Å². The molecule has 27 heavy (non-hydrogen) atoms. The van der Waals surface area contributed by atoms with Gasteiger partial charge >= 0.3 is 0 Å². The van der Waals surface area contributed by atoms with Crippen molar-refractivity contribution in [3.8, 4) is 6.07 Å². The number of hydrogen-bond donors (Lipinski definition) is 0. The summed E-state index contributed by atoms with van der Waals surface area (Å²) in [5.41, 5.74) is 2.79. The molecule has 3 rings (SSSR count). The smallest absolute Gasteiger partial charge is 0.242 e. The Kier molecular flexibility index (Phi) is 5.85. The lowest BCUT2D eigenvalue weighted by molar-refractivity contribution is 0.520. The molecule has 8 heteroatoms. The number of para-hydroxylation sites is 2. The number of fused-ring (bicyclic) bond motifs is 1. The quantitative estimate of drug-likeness (QED) is 0.567. The number of sulfonamides is 1. The molecular weight excluding hydrogens is 380 g/mol. The molecule has 2 aromatic carbocycles. The third-order valence-electron chi connectivity index (χ3n) is 4.11. The first-order valence-electron chi connectivity index (χ1n) is 8.40. The van der Waals surface area contributed by atoms with Crippen molar-refractivity contribution in [2.45, 2.75) is 28.8 Å². The van der Waals surface area contributed by atoms with Gasteiger partial charge in [-0.3, -0.25) is 0 Å². The summed E-state index contributed by atoms with van der Waals surface area (Å²) in [5.74, 6) is 0.590. The first-order chi connectivity index (χ1) is 12.9. The number of aromatic nitrogens is 2. The molecule has 0 aliphatic heterocycles. The first-order valence-corrected chi connectivity index (χ1v) is 10.8. The summed E-state index contributed by atoms with van der Waals surface area (Å²) >= 11 is 1.54. The Hall–Kier alpha value is -2.34. The van der Waals surface area contributed by atoms with Gasteiger partial charge in [-0.1, -0.05) is 36.0 Å². The van der Waals surface area contributed by atoms with Gasteiger partial charge in [0.1, 0.15) is 0 Å². The zero-order valence-electron chi connectivity index (χ0n) is 15.2. The van der Waals surface area contributed by atoms with Gasteiger partial charge in [-0.05, 0) is 29.8 Å². The second kappa shape index (κ2) is 8.13. The molecule has 0 atom stereocenters. The molecule has 6 nitrogen and oxygen atoms in total. The number of aryl methyl sites for hydroxylation is 1. The lowest BCUT2D eigenvalue weighted by atomic mass is 10.2. The maximum atomic E-state index is 12.3. The predicted molar refractivity (Wildman–Crippen MR) is 107 cm³/mol. The van der Waals surface area contributed by atoms with Gasteiger partial charge in [0, 0.05) is 26.4 Å². The second-order valence-corrected chi connectivity index (χ2v) is 9.26. The topological polar surface area (TPSA) is 79.0 Å². The van der Waals surface area contributed by atoms with Crippen LogP contribution in [-0.2, 0) is 22.3 Å². The zero-order valence-corrected chi connectivity index (χ0v) is 16.8. The van der Waals surface area contributed by atoms with Crippen molar-refractivity contribution in [1.29, 1.82) is 5.26 Å². The highest BCUT2D eigenvalue weighted by atomic mass is 32.2. The molecule has 0 saturated heterocycles. The van der Waals surface area contributed by atoms with E-state index < -0.39 is 10.0 Å². The molecule has 0 saturated carbocycles. The van der Waals surface area contributed by atoms with E-state index >= 15 is 0 Å². The molecule has 140 valence electrons. The molecule has 0 aliphatic rings. The highest BCUT2D eigenvalue weighted by Gasteiger charge is 2.17. The van der Waals surface area contributed by atoms with E-state index in [0.29, 0.717) is 18.7 Å². The monoisotopic (exact) mass is 400 g/mol. The van der Waals surface area contributed by atoms with Crippen molar-refractivity contribution >= 4 is 32.8 Å². The van der Waals surface area contributed by atoms with Crippen LogP contribution < -0.4 is 0 Å². The van der Waals surface area contributed by atoms with Crippen LogP contribution in [0, 0.1) is 11.3 Å². The van der Waals surface area contributed by atoms with E-state index in [1.807, 2.05) is 34.9 Å². The maximum absolute atomic E-state index is 12.3. The van der Waals surface area contributed by atoms with Crippen LogP contribution in [0.4, 0.5) is 0 Å². The number of imidazole rings is 1. The molecule has 1 aromatic heterocycles. The fourth-order valence-electron chi connectivity index (χ4n) is 2.70. The fraction of sp³-hybridized carbons (Fsp3) is 0.263. The van der Waals surface area contributed by atoms with E-state index in [4.69, 9.17) is 5.26 Å². The van der Waals surface area contributed by atoms with E-state index in [2.05, 4.69) is 11.1 Å². The van der Waals surface area contributed by atoms with Crippen LogP contribution in [0.3, 0.4) is 0 Å². The maximum Gasteiger partial charge on any atom is 0.242 e. The van der Waals surface area contributed by atoms with Crippen molar-refractivity contribution in [3.63, 3.8) is 0 Å². The summed E-state index contributed by atoms with van der Waals surface area (Å²) in [6, 6.07) is 17.0. The summed E-state index contributed by atoms with van der Waals surface area (Å²) in [7, 11) is -0.412. The Balaban J connectivity index is 1.86. The molecule has 0 amide bonds. The minimum Gasteiger partial charge on any atom is -0.318 e. The minimum atomic E-state index is -3.46. The Labute approximate surface area is 163 Å². The van der Waals surface area contributed by atoms with E-state index in [1.54, 1.807) is 18.2 Å². The van der Waals surface area contributed by atoms with Crippen molar-refractivity contribution < 1.29 is 8.42 Å². The van der Waals surface area contributed by atoms with Gasteiger partial charge in [-0.2, -0.15) is 5.26 Å². The lowest BCUT2D eigenvalue weighted by Crippen LogP contribution is -2.22. The largest absolute Gasteiger partial charge is 0.318 e. The average Bonchev–Trinajstić information content (AvgIpc) is 3.02. The van der Waals surface area contributed by atoms with Crippen LogP contribution in [0.2, 0.25) is 0 Å². The number of nitriles is 1. The molecule has 1 heterocycles. The van der Waals surface area contributed by atoms with Crippen LogP contribution in [-0.4, -0.2) is 36.4 Å². The van der Waals surface area contributed by atoms with Gasteiger partial charge in [-0.15, -0.1) is 0 Å². The highest BCUT2D eigenvalue weighted by molar-refractivity contribution is 7.98. The van der Waals surface area contributed by atoms with E-state index in [9.17, 15) is 8.42 Å². The van der Waals surface area contributed by atoms with Gasteiger partial charge < -0.3 is 4.57 Å². The normalized spacial score (nSPS) is 11.8. The molecule has 0 N–H and O–H groups in total. The zero-order chi connectivity index (χ0) is 19.4. The molecule has 0 bridgehead atoms. The standard InChI is InChI=1S/C19H20N4O2S2/c1-22(2)27(24,25)16-8-5-7-15(13-16)14-26-19-21-17-9-3-4-10-18(17)23(19)12-6-11-20/h3-5,7-10,13H,6,12,14H2,1-2H3. The van der Waals surface area contributed by atoms with Crippen LogP contribution in [0.15, 0.2) is 58.6 Å². The van der Waals surface area contributed by atoms with Crippen molar-refractivity contribution in [2.24, 2.45) is 0 Å². The first kappa shape index (κ1) is 19.4. The summed E-state index contributed by atoms with van der Waals surface area (Å²) < 4.78 is 27.9. The van der Waals surface area contributed by atoms with Gasteiger partial charge in [0.2, 0.25) is 10.0 Å². The fourth-order valence-corrected chi connectivity index (χ4v) is 4.65. The van der Waals surface area contributed by atoms with E-state index in [0.717, 1.165) is 21.8 Å². The molecular formula is C19H20N4O2S2. The summed E-state index contributed by atoms with van der Waals surface area (Å²) in [5, 5.41) is 9.76. The molecule has 0 spiro atoms. The van der Waals surface area contributed by atoms with Crippen LogP contribution in [0.1, 0.15) is 12.0 Å². The molecule has 3 aromatic rings. The predicted octanol–water partition coefficient (Wildman–Crippen LogP) is 3.49. The van der Waals surface area contributed by atoms with Crippen molar-refractivity contribution in [1.82, 2.24) is 13.9 Å². The van der Waals surface area contributed by atoms with Gasteiger partial charge in [0.05, 0.1) is 28.4 Å². The Morgan fingerprint density at radius 1 is 1.19 bits per heavy atom. The van der Waals surface area contributed by atoms with Crippen molar-refractivity contribution in [3.05, 3.63) is 54.1 Å². The molecule has 0 radical (unpaired) electrons. The van der Waals surface area contributed by atoms with Gasteiger partial charge in [0.15, 0.2) is 5.16 Å². The van der Waals surface area contributed by atoms with Crippen LogP contribution >= 0.6 is 11.8 Å². The molecule has 0 unspecified atom stereocenters. The van der Waals surface area contributed by atoms with Crippen LogP contribution in [0.25, 0.3) is 11.0 Å². The Morgan fingerprint density at radius 3 is 2.70 bits per heavy atom. The van der Waals surface area contributed by atoms with Gasteiger partial charge in [0.25, 0.3) is 0 Å². The summed E-state index contributed by atoms with van der Waals surface area (Å²) in [4.78, 5) is 4.95. The number of rotatable bonds is 7. The number of benzene rings is 2. The van der Waals surface area contributed by atoms with Gasteiger partial charge in [-0.25, -0.2) is 17.7 Å². The number of nitrogens with zero attached hydrogens (tertiary/aromatic N) is 4. The Bertz CT molecular complexity index is 1100.